The van der Waals surface area contributed by atoms with Gasteiger partial charge >= 0.3 is 12.2 Å². The molecule has 3 heterocycles. The van der Waals surface area contributed by atoms with Crippen LogP contribution in [-0.2, 0) is 0 Å². The summed E-state index contributed by atoms with van der Waals surface area (Å²) in [5.74, 6) is -0.606. The summed E-state index contributed by atoms with van der Waals surface area (Å²) in [6.45, 7) is 8.43. The van der Waals surface area contributed by atoms with E-state index in [0.717, 1.165) is 20.3 Å². The van der Waals surface area contributed by atoms with Gasteiger partial charge in [-0.3, -0.25) is 9.69 Å². The Kier molecular flexibility index (Phi) is 5.42. The quantitative estimate of drug-likeness (QED) is 0.814. The first-order valence-electron chi connectivity index (χ1n) is 9.66. The molecule has 11 heteroatoms. The molecule has 2 aromatic heterocycles. The lowest BCUT2D eigenvalue weighted by Crippen LogP contribution is -2.54. The maximum absolute atomic E-state index is 13.2. The minimum absolute atomic E-state index is 0.0195. The van der Waals surface area contributed by atoms with Crippen LogP contribution in [0.3, 0.4) is 0 Å². The van der Waals surface area contributed by atoms with Crippen molar-refractivity contribution in [1.82, 2.24) is 24.8 Å². The molecule has 0 spiro atoms. The van der Waals surface area contributed by atoms with Gasteiger partial charge in [0.15, 0.2) is 5.65 Å². The van der Waals surface area contributed by atoms with Crippen molar-refractivity contribution >= 4 is 23.4 Å². The molecule has 3 rings (SSSR count). The molecule has 1 saturated heterocycles. The van der Waals surface area contributed by atoms with Crippen molar-refractivity contribution in [3.8, 4) is 0 Å². The van der Waals surface area contributed by atoms with E-state index in [0.29, 0.717) is 24.6 Å². The van der Waals surface area contributed by atoms with Gasteiger partial charge in [-0.05, 0) is 41.0 Å². The Bertz CT molecular complexity index is 983. The highest BCUT2D eigenvalue weighted by molar-refractivity contribution is 6.00. The number of aromatic nitrogens is 3. The average Bonchev–Trinajstić information content (AvgIpc) is 3.05. The zero-order valence-electron chi connectivity index (χ0n) is 17.5. The normalized spacial score (nSPS) is 16.0. The second-order valence-electron chi connectivity index (χ2n) is 8.20. The van der Waals surface area contributed by atoms with Gasteiger partial charge in [0.05, 0.1) is 6.20 Å². The number of anilines is 1. The van der Waals surface area contributed by atoms with Gasteiger partial charge in [0.1, 0.15) is 16.9 Å². The minimum Gasteiger partial charge on any atom is -0.338 e. The lowest BCUT2D eigenvalue weighted by molar-refractivity contribution is -0.182. The standard InChI is InChI=1S/C19H25F3N6O2/c1-11(2)26-7-6-8-27(17(26)30)14-9-12(3)28-15(24-14)13(10-23-28)16(29)25-18(4,5)19(20,21)22/h9-11H,6-8H2,1-5H3,(H,25,29). The Morgan fingerprint density at radius 1 is 1.23 bits per heavy atom. The molecule has 0 bridgehead atoms. The Balaban J connectivity index is 1.99. The second-order valence-corrected chi connectivity index (χ2v) is 8.20. The number of nitrogens with one attached hydrogen (secondary N) is 1. The highest BCUT2D eigenvalue weighted by atomic mass is 19.4. The molecule has 0 radical (unpaired) electrons. The van der Waals surface area contributed by atoms with Crippen LogP contribution in [0.1, 0.15) is 50.2 Å². The number of urea groups is 1. The number of amides is 3. The van der Waals surface area contributed by atoms with Crippen molar-refractivity contribution in [3.05, 3.63) is 23.5 Å². The fourth-order valence-electron chi connectivity index (χ4n) is 3.25. The van der Waals surface area contributed by atoms with E-state index in [1.54, 1.807) is 17.9 Å². The van der Waals surface area contributed by atoms with Crippen LogP contribution in [0.15, 0.2) is 12.3 Å². The number of nitrogens with zero attached hydrogens (tertiary/aromatic N) is 5. The summed E-state index contributed by atoms with van der Waals surface area (Å²) in [4.78, 5) is 33.1. The molecule has 0 saturated carbocycles. The van der Waals surface area contributed by atoms with Crippen LogP contribution < -0.4 is 10.2 Å². The Labute approximate surface area is 172 Å². The summed E-state index contributed by atoms with van der Waals surface area (Å²) in [6, 6.07) is 1.49. The molecule has 2 aromatic rings. The predicted octanol–water partition coefficient (Wildman–Crippen LogP) is 3.15. The van der Waals surface area contributed by atoms with Crippen molar-refractivity contribution in [3.63, 3.8) is 0 Å². The summed E-state index contributed by atoms with van der Waals surface area (Å²) >= 11 is 0. The fourth-order valence-corrected chi connectivity index (χ4v) is 3.25. The van der Waals surface area contributed by atoms with Crippen molar-refractivity contribution in [2.75, 3.05) is 18.0 Å². The maximum atomic E-state index is 13.2. The van der Waals surface area contributed by atoms with E-state index in [2.05, 4.69) is 10.1 Å². The third-order valence-corrected chi connectivity index (χ3v) is 5.17. The molecule has 1 fully saturated rings. The monoisotopic (exact) mass is 426 g/mol. The van der Waals surface area contributed by atoms with E-state index < -0.39 is 17.6 Å². The first kappa shape index (κ1) is 21.8. The molecule has 0 aliphatic carbocycles. The van der Waals surface area contributed by atoms with E-state index in [4.69, 9.17) is 0 Å². The van der Waals surface area contributed by atoms with E-state index in [1.165, 1.54) is 15.6 Å². The molecule has 164 valence electrons. The number of hydrogen-bond donors (Lipinski definition) is 1. The molecule has 0 atom stereocenters. The van der Waals surface area contributed by atoms with Gasteiger partial charge in [0, 0.05) is 30.9 Å². The molecule has 3 amide bonds. The third-order valence-electron chi connectivity index (χ3n) is 5.17. The van der Waals surface area contributed by atoms with Gasteiger partial charge in [-0.1, -0.05) is 0 Å². The molecular weight excluding hydrogens is 401 g/mol. The van der Waals surface area contributed by atoms with Gasteiger partial charge < -0.3 is 10.2 Å². The van der Waals surface area contributed by atoms with E-state index in [-0.39, 0.29) is 23.3 Å². The largest absolute Gasteiger partial charge is 0.410 e. The molecule has 30 heavy (non-hydrogen) atoms. The number of fused-ring (bicyclic) bond motifs is 1. The number of aryl methyl sites for hydroxylation is 1. The Morgan fingerprint density at radius 3 is 2.50 bits per heavy atom. The lowest BCUT2D eigenvalue weighted by Gasteiger charge is -2.37. The SMILES string of the molecule is Cc1cc(N2CCCN(C(C)C)C2=O)nc2c(C(=O)NC(C)(C)C(F)(F)F)cnn12. The van der Waals surface area contributed by atoms with Crippen LogP contribution >= 0.6 is 0 Å². The van der Waals surface area contributed by atoms with Crippen molar-refractivity contribution in [2.45, 2.75) is 58.8 Å². The van der Waals surface area contributed by atoms with Crippen LogP contribution in [-0.4, -0.2) is 62.3 Å². The van der Waals surface area contributed by atoms with Crippen LogP contribution in [0.2, 0.25) is 0 Å². The minimum atomic E-state index is -4.62. The van der Waals surface area contributed by atoms with Crippen molar-refractivity contribution in [1.29, 1.82) is 0 Å². The number of halogens is 3. The predicted molar refractivity (Wildman–Crippen MR) is 105 cm³/mol. The number of alkyl halides is 3. The van der Waals surface area contributed by atoms with Crippen LogP contribution in [0.25, 0.3) is 5.65 Å². The Morgan fingerprint density at radius 2 is 1.90 bits per heavy atom. The molecule has 1 aliphatic heterocycles. The van der Waals surface area contributed by atoms with E-state index in [9.17, 15) is 22.8 Å². The third kappa shape index (κ3) is 3.80. The zero-order valence-corrected chi connectivity index (χ0v) is 17.5. The van der Waals surface area contributed by atoms with Gasteiger partial charge in [-0.15, -0.1) is 0 Å². The fraction of sp³-hybridized carbons (Fsp3) is 0.579. The second kappa shape index (κ2) is 7.44. The molecule has 1 N–H and O–H groups in total. The van der Waals surface area contributed by atoms with Crippen LogP contribution in [0.5, 0.6) is 0 Å². The number of carbonyl (C=O) groups is 2. The van der Waals surface area contributed by atoms with Gasteiger partial charge in [0.25, 0.3) is 5.91 Å². The average molecular weight is 426 g/mol. The number of hydrogen-bond acceptors (Lipinski definition) is 4. The topological polar surface area (TPSA) is 82.8 Å². The highest BCUT2D eigenvalue weighted by Crippen LogP contribution is 2.30. The number of rotatable bonds is 4. The first-order chi connectivity index (χ1) is 13.8. The molecule has 0 unspecified atom stereocenters. The summed E-state index contributed by atoms with van der Waals surface area (Å²) in [5.41, 5.74) is -1.83. The molecule has 0 aromatic carbocycles. The van der Waals surface area contributed by atoms with Crippen molar-refractivity contribution < 1.29 is 22.8 Å². The summed E-state index contributed by atoms with van der Waals surface area (Å²) < 4.78 is 40.9. The lowest BCUT2D eigenvalue weighted by atomic mass is 10.0. The highest BCUT2D eigenvalue weighted by Gasteiger charge is 2.48. The number of carbonyl (C=O) groups excluding carboxylic acids is 2. The van der Waals surface area contributed by atoms with Gasteiger partial charge in [0.2, 0.25) is 0 Å². The van der Waals surface area contributed by atoms with E-state index >= 15 is 0 Å². The van der Waals surface area contributed by atoms with Crippen LogP contribution in [0, 0.1) is 6.92 Å². The van der Waals surface area contributed by atoms with Gasteiger partial charge in [-0.2, -0.15) is 18.3 Å². The molecular formula is C19H25F3N6O2. The van der Waals surface area contributed by atoms with Gasteiger partial charge in [-0.25, -0.2) is 14.3 Å². The van der Waals surface area contributed by atoms with Crippen molar-refractivity contribution in [2.24, 2.45) is 0 Å². The summed E-state index contributed by atoms with van der Waals surface area (Å²) in [5, 5.41) is 6.07. The first-order valence-corrected chi connectivity index (χ1v) is 9.66. The molecule has 1 aliphatic rings. The summed E-state index contributed by atoms with van der Waals surface area (Å²) in [6.07, 6.45) is -2.69. The zero-order chi connectivity index (χ0) is 22.4. The van der Waals surface area contributed by atoms with E-state index in [1.807, 2.05) is 19.2 Å². The Hall–Kier alpha value is -2.85. The smallest absolute Gasteiger partial charge is 0.338 e. The summed E-state index contributed by atoms with van der Waals surface area (Å²) in [7, 11) is 0. The molecule has 8 nitrogen and oxygen atoms in total. The maximum Gasteiger partial charge on any atom is 0.410 e. The van der Waals surface area contributed by atoms with Crippen LogP contribution in [0.4, 0.5) is 23.8 Å².